The van der Waals surface area contributed by atoms with Gasteiger partial charge in [0.05, 0.1) is 11.4 Å². The van der Waals surface area contributed by atoms with Crippen LogP contribution in [0.15, 0.2) is 60.7 Å². The highest BCUT2D eigenvalue weighted by Crippen LogP contribution is 2.24. The third-order valence-corrected chi connectivity index (χ3v) is 6.73. The highest BCUT2D eigenvalue weighted by Gasteiger charge is 2.20. The van der Waals surface area contributed by atoms with Crippen LogP contribution in [0.4, 0.5) is 4.39 Å². The summed E-state index contributed by atoms with van der Waals surface area (Å²) >= 11 is 6.09. The Morgan fingerprint density at radius 1 is 1.00 bits per heavy atom. The normalized spacial score (nSPS) is 13.9. The maximum absolute atomic E-state index is 15.0. The van der Waals surface area contributed by atoms with E-state index in [4.69, 9.17) is 17.0 Å². The average molecular weight is 489 g/mol. The van der Waals surface area contributed by atoms with Crippen LogP contribution < -0.4 is 0 Å². The van der Waals surface area contributed by atoms with Crippen molar-refractivity contribution in [3.8, 4) is 5.69 Å². The number of carbonyl (C=O) groups is 1. The van der Waals surface area contributed by atoms with Gasteiger partial charge < -0.3 is 4.90 Å². The van der Waals surface area contributed by atoms with Crippen LogP contribution >= 0.6 is 11.6 Å². The van der Waals surface area contributed by atoms with Crippen LogP contribution in [0, 0.1) is 18.2 Å². The molecule has 5 nitrogen and oxygen atoms in total. The molecule has 0 atom stereocenters. The molecule has 0 unspecified atom stereocenters. The smallest absolute Gasteiger partial charge is 0.185 e. The minimum atomic E-state index is -0.469. The SMILES string of the molecule is Cc1cc(C(=O)Cc2ccc(C(=N)N3CCCCC3)cc2F)n(-c2ccc3cc(Cl)ccc3c2)n1. The molecule has 0 radical (unpaired) electrons. The number of ketones is 1. The Balaban J connectivity index is 1.39. The first kappa shape index (κ1) is 23.2. The fourth-order valence-corrected chi connectivity index (χ4v) is 4.81. The molecule has 5 rings (SSSR count). The van der Waals surface area contributed by atoms with Gasteiger partial charge in [-0.3, -0.25) is 10.2 Å². The molecular formula is C28H26ClFN4O. The second kappa shape index (κ2) is 9.62. The highest BCUT2D eigenvalue weighted by atomic mass is 35.5. The largest absolute Gasteiger partial charge is 0.357 e. The second-order valence-corrected chi connectivity index (χ2v) is 9.50. The number of likely N-dealkylation sites (tertiary alicyclic amines) is 1. The van der Waals surface area contributed by atoms with E-state index in [1.165, 1.54) is 12.5 Å². The van der Waals surface area contributed by atoms with Crippen molar-refractivity contribution in [3.05, 3.63) is 94.0 Å². The second-order valence-electron chi connectivity index (χ2n) is 9.06. The summed E-state index contributed by atoms with van der Waals surface area (Å²) in [5.74, 6) is -0.352. The van der Waals surface area contributed by atoms with Gasteiger partial charge in [-0.05, 0) is 78.9 Å². The minimum Gasteiger partial charge on any atom is -0.357 e. The minimum absolute atomic E-state index is 0.0858. The van der Waals surface area contributed by atoms with Crippen LogP contribution in [-0.4, -0.2) is 39.4 Å². The van der Waals surface area contributed by atoms with E-state index in [2.05, 4.69) is 5.10 Å². The van der Waals surface area contributed by atoms with E-state index in [0.717, 1.165) is 42.4 Å². The fraction of sp³-hybridized carbons (Fsp3) is 0.250. The lowest BCUT2D eigenvalue weighted by Crippen LogP contribution is -2.35. The summed E-state index contributed by atoms with van der Waals surface area (Å²) in [6, 6.07) is 17.9. The molecule has 1 N–H and O–H groups in total. The molecule has 1 aliphatic heterocycles. The number of nitrogens with zero attached hydrogens (tertiary/aromatic N) is 3. The van der Waals surface area contributed by atoms with Gasteiger partial charge in [0.2, 0.25) is 0 Å². The van der Waals surface area contributed by atoms with Gasteiger partial charge in [-0.1, -0.05) is 35.9 Å². The molecule has 1 aliphatic rings. The topological polar surface area (TPSA) is 62.0 Å². The zero-order valence-corrected chi connectivity index (χ0v) is 20.3. The molecule has 35 heavy (non-hydrogen) atoms. The summed E-state index contributed by atoms with van der Waals surface area (Å²) in [6.45, 7) is 3.48. The van der Waals surface area contributed by atoms with Crippen LogP contribution in [-0.2, 0) is 6.42 Å². The summed E-state index contributed by atoms with van der Waals surface area (Å²) in [4.78, 5) is 15.2. The number of aromatic nitrogens is 2. The van der Waals surface area contributed by atoms with Crippen molar-refractivity contribution in [2.24, 2.45) is 0 Å². The van der Waals surface area contributed by atoms with Crippen LogP contribution in [0.1, 0.15) is 46.6 Å². The van der Waals surface area contributed by atoms with E-state index in [1.807, 2.05) is 48.2 Å². The highest BCUT2D eigenvalue weighted by molar-refractivity contribution is 6.31. The molecule has 1 aromatic heterocycles. The molecule has 1 saturated heterocycles. The molecule has 178 valence electrons. The van der Waals surface area contributed by atoms with E-state index in [-0.39, 0.29) is 12.2 Å². The fourth-order valence-electron chi connectivity index (χ4n) is 4.63. The first-order chi connectivity index (χ1) is 16.9. The monoisotopic (exact) mass is 488 g/mol. The summed E-state index contributed by atoms with van der Waals surface area (Å²) in [7, 11) is 0. The number of nitrogens with one attached hydrogen (secondary N) is 1. The van der Waals surface area contributed by atoms with Crippen LogP contribution in [0.25, 0.3) is 16.5 Å². The van der Waals surface area contributed by atoms with Crippen molar-refractivity contribution in [2.45, 2.75) is 32.6 Å². The van der Waals surface area contributed by atoms with Gasteiger partial charge in [-0.2, -0.15) is 5.10 Å². The van der Waals surface area contributed by atoms with Gasteiger partial charge in [0.15, 0.2) is 5.78 Å². The average Bonchev–Trinajstić information content (AvgIpc) is 3.26. The molecule has 4 aromatic rings. The Labute approximate surface area is 208 Å². The molecule has 2 heterocycles. The van der Waals surface area contributed by atoms with Crippen molar-refractivity contribution in [1.29, 1.82) is 5.41 Å². The first-order valence-corrected chi connectivity index (χ1v) is 12.2. The maximum atomic E-state index is 15.0. The summed E-state index contributed by atoms with van der Waals surface area (Å²) in [6.07, 6.45) is 3.19. The lowest BCUT2D eigenvalue weighted by atomic mass is 10.0. The number of rotatable bonds is 5. The van der Waals surface area contributed by atoms with Crippen LogP contribution in [0.5, 0.6) is 0 Å². The standard InChI is InChI=1S/C28H26ClFN4O/c1-18-13-26(34(32-18)24-10-8-19-14-23(29)9-7-20(19)15-24)27(35)17-21-5-6-22(16-25(21)30)28(31)33-11-3-2-4-12-33/h5-10,13-16,31H,2-4,11-12,17H2,1H3. The van der Waals surface area contributed by atoms with E-state index >= 15 is 0 Å². The number of amidine groups is 1. The lowest BCUT2D eigenvalue weighted by Gasteiger charge is -2.29. The van der Waals surface area contributed by atoms with E-state index in [1.54, 1.807) is 22.9 Å². The molecule has 0 amide bonds. The van der Waals surface area contributed by atoms with E-state index < -0.39 is 5.82 Å². The van der Waals surface area contributed by atoms with Crippen molar-refractivity contribution >= 4 is 34.0 Å². The quantitative estimate of drug-likeness (QED) is 0.202. The number of fused-ring (bicyclic) bond motifs is 1. The van der Waals surface area contributed by atoms with Crippen LogP contribution in [0.3, 0.4) is 0 Å². The molecule has 1 fully saturated rings. The van der Waals surface area contributed by atoms with Crippen molar-refractivity contribution in [1.82, 2.24) is 14.7 Å². The summed E-state index contributed by atoms with van der Waals surface area (Å²) < 4.78 is 16.6. The van der Waals surface area contributed by atoms with E-state index in [9.17, 15) is 9.18 Å². The zero-order valence-electron chi connectivity index (χ0n) is 19.5. The van der Waals surface area contributed by atoms with Gasteiger partial charge in [0.25, 0.3) is 0 Å². The summed E-state index contributed by atoms with van der Waals surface area (Å²) in [5.41, 5.74) is 2.71. The number of benzene rings is 3. The zero-order chi connectivity index (χ0) is 24.5. The van der Waals surface area contributed by atoms with Crippen LogP contribution in [0.2, 0.25) is 5.02 Å². The van der Waals surface area contributed by atoms with Gasteiger partial charge in [-0.15, -0.1) is 0 Å². The molecule has 3 aromatic carbocycles. The molecule has 0 aliphatic carbocycles. The molecule has 0 bridgehead atoms. The number of halogens is 2. The molecule has 7 heteroatoms. The van der Waals surface area contributed by atoms with Gasteiger partial charge in [0, 0.05) is 30.1 Å². The van der Waals surface area contributed by atoms with Crippen molar-refractivity contribution < 1.29 is 9.18 Å². The predicted molar refractivity (Wildman–Crippen MR) is 138 cm³/mol. The number of piperidine rings is 1. The molecule has 0 saturated carbocycles. The first-order valence-electron chi connectivity index (χ1n) is 11.8. The molecule has 0 spiro atoms. The number of hydrogen-bond donors (Lipinski definition) is 1. The van der Waals surface area contributed by atoms with Gasteiger partial charge in [0.1, 0.15) is 17.3 Å². The third kappa shape index (κ3) is 4.84. The summed E-state index contributed by atoms with van der Waals surface area (Å²) in [5, 5.41) is 15.6. The lowest BCUT2D eigenvalue weighted by molar-refractivity contribution is 0.0984. The number of hydrogen-bond acceptors (Lipinski definition) is 3. The Bertz CT molecular complexity index is 1440. The van der Waals surface area contributed by atoms with Crippen molar-refractivity contribution in [3.63, 3.8) is 0 Å². The third-order valence-electron chi connectivity index (χ3n) is 6.50. The number of Topliss-reactive ketones (excluding diaryl/α,β-unsaturated/α-hetero) is 1. The Kier molecular flexibility index (Phi) is 6.39. The van der Waals surface area contributed by atoms with Crippen molar-refractivity contribution in [2.75, 3.05) is 13.1 Å². The number of carbonyl (C=O) groups excluding carboxylic acids is 1. The Hall–Kier alpha value is -3.51. The van der Waals surface area contributed by atoms with Gasteiger partial charge in [-0.25, -0.2) is 9.07 Å². The Morgan fingerprint density at radius 3 is 2.51 bits per heavy atom. The molecular weight excluding hydrogens is 463 g/mol. The van der Waals surface area contributed by atoms with Gasteiger partial charge >= 0.3 is 0 Å². The predicted octanol–water partition coefficient (Wildman–Crippen LogP) is 6.36. The van der Waals surface area contributed by atoms with E-state index in [0.29, 0.717) is 33.4 Å². The maximum Gasteiger partial charge on any atom is 0.185 e. The Morgan fingerprint density at radius 2 is 1.74 bits per heavy atom. The number of aryl methyl sites for hydroxylation is 1.